The molecule has 0 saturated heterocycles. The second-order valence-corrected chi connectivity index (χ2v) is 5.93. The lowest BCUT2D eigenvalue weighted by Gasteiger charge is -2.17. The van der Waals surface area contributed by atoms with Gasteiger partial charge in [0, 0.05) is 9.58 Å². The number of benzene rings is 1. The Labute approximate surface area is 103 Å². The molecule has 2 aromatic rings. The zero-order chi connectivity index (χ0) is 12.6. The molecule has 0 aliphatic heterocycles. The van der Waals surface area contributed by atoms with Crippen LogP contribution >= 0.6 is 11.3 Å². The van der Waals surface area contributed by atoms with Gasteiger partial charge in [0.2, 0.25) is 0 Å². The molecule has 0 aliphatic rings. The highest BCUT2D eigenvalue weighted by atomic mass is 32.1. The van der Waals surface area contributed by atoms with Gasteiger partial charge in [-0.15, -0.1) is 11.3 Å². The molecule has 0 radical (unpaired) electrons. The first-order valence-electron chi connectivity index (χ1n) is 5.30. The van der Waals surface area contributed by atoms with Crippen LogP contribution in [0, 0.1) is 11.2 Å². The van der Waals surface area contributed by atoms with Gasteiger partial charge in [0.25, 0.3) is 0 Å². The van der Waals surface area contributed by atoms with Crippen molar-refractivity contribution in [2.45, 2.75) is 20.3 Å². The normalized spacial score (nSPS) is 11.9. The molecule has 0 bridgehead atoms. The number of hydrogen-bond donors (Lipinski definition) is 1. The topological polar surface area (TPSA) is 37.3 Å². The molecule has 0 atom stereocenters. The van der Waals surface area contributed by atoms with Crippen LogP contribution in [-0.2, 0) is 11.2 Å². The number of halogens is 1. The van der Waals surface area contributed by atoms with E-state index in [2.05, 4.69) is 0 Å². The fraction of sp³-hybridized carbons (Fsp3) is 0.308. The molecule has 17 heavy (non-hydrogen) atoms. The quantitative estimate of drug-likeness (QED) is 0.904. The highest BCUT2D eigenvalue weighted by Crippen LogP contribution is 2.31. The predicted octanol–water partition coefficient (Wildman–Crippen LogP) is 3.69. The molecule has 1 aromatic heterocycles. The first-order valence-corrected chi connectivity index (χ1v) is 6.11. The number of hydrogen-bond acceptors (Lipinski definition) is 2. The Hall–Kier alpha value is -1.42. The van der Waals surface area contributed by atoms with Crippen molar-refractivity contribution >= 4 is 27.4 Å². The van der Waals surface area contributed by atoms with Crippen molar-refractivity contribution in [2.75, 3.05) is 0 Å². The van der Waals surface area contributed by atoms with Gasteiger partial charge < -0.3 is 5.11 Å². The summed E-state index contributed by atoms with van der Waals surface area (Å²) >= 11 is 1.45. The molecule has 4 heteroatoms. The number of fused-ring (bicyclic) bond motifs is 1. The van der Waals surface area contributed by atoms with E-state index in [1.165, 1.54) is 23.5 Å². The van der Waals surface area contributed by atoms with Crippen LogP contribution in [0.5, 0.6) is 0 Å². The Balaban J connectivity index is 2.34. The molecule has 2 rings (SSSR count). The van der Waals surface area contributed by atoms with Crippen LogP contribution in [-0.4, -0.2) is 11.1 Å². The molecular weight excluding hydrogens is 239 g/mol. The molecule has 0 unspecified atom stereocenters. The summed E-state index contributed by atoms with van der Waals surface area (Å²) < 4.78 is 13.9. The van der Waals surface area contributed by atoms with Crippen molar-refractivity contribution in [3.05, 3.63) is 35.0 Å². The van der Waals surface area contributed by atoms with Crippen molar-refractivity contribution in [3.8, 4) is 0 Å². The van der Waals surface area contributed by atoms with Crippen LogP contribution in [0.2, 0.25) is 0 Å². The Morgan fingerprint density at radius 1 is 1.41 bits per heavy atom. The molecule has 0 spiro atoms. The van der Waals surface area contributed by atoms with Crippen molar-refractivity contribution in [2.24, 2.45) is 5.41 Å². The first kappa shape index (κ1) is 12.0. The molecule has 0 fully saturated rings. The maximum atomic E-state index is 13.0. The third kappa shape index (κ3) is 2.47. The van der Waals surface area contributed by atoms with Crippen molar-refractivity contribution in [1.29, 1.82) is 0 Å². The molecule has 0 amide bonds. The molecular formula is C13H13FO2S. The number of carboxylic acids is 1. The summed E-state index contributed by atoms with van der Waals surface area (Å²) in [5.41, 5.74) is -0.792. The largest absolute Gasteiger partial charge is 0.481 e. The van der Waals surface area contributed by atoms with E-state index >= 15 is 0 Å². The minimum absolute atomic E-state index is 0.261. The van der Waals surface area contributed by atoms with Gasteiger partial charge in [0.05, 0.1) is 5.41 Å². The van der Waals surface area contributed by atoms with Gasteiger partial charge in [-0.2, -0.15) is 0 Å². The van der Waals surface area contributed by atoms with Crippen LogP contribution in [0.25, 0.3) is 10.1 Å². The summed E-state index contributed by atoms with van der Waals surface area (Å²) in [6.07, 6.45) is 0.462. The van der Waals surface area contributed by atoms with E-state index < -0.39 is 11.4 Å². The summed E-state index contributed by atoms with van der Waals surface area (Å²) in [4.78, 5) is 12.0. The van der Waals surface area contributed by atoms with Crippen LogP contribution in [0.4, 0.5) is 4.39 Å². The molecule has 1 heterocycles. The minimum Gasteiger partial charge on any atom is -0.481 e. The summed E-state index contributed by atoms with van der Waals surface area (Å²) in [5.74, 6) is -1.08. The second kappa shape index (κ2) is 4.11. The van der Waals surface area contributed by atoms with Crippen LogP contribution in [0.15, 0.2) is 24.3 Å². The maximum Gasteiger partial charge on any atom is 0.309 e. The fourth-order valence-corrected chi connectivity index (χ4v) is 2.98. The third-order valence-electron chi connectivity index (χ3n) is 2.73. The van der Waals surface area contributed by atoms with Gasteiger partial charge in [-0.05, 0) is 43.9 Å². The molecule has 0 aliphatic carbocycles. The zero-order valence-electron chi connectivity index (χ0n) is 9.66. The number of thiophene rings is 1. The molecule has 1 N–H and O–H groups in total. The minimum atomic E-state index is -0.818. The SMILES string of the molecule is CC(C)(Cc1cc2ccc(F)cc2s1)C(=O)O. The molecule has 1 aromatic carbocycles. The van der Waals surface area contributed by atoms with E-state index in [-0.39, 0.29) is 5.82 Å². The Morgan fingerprint density at radius 2 is 2.12 bits per heavy atom. The lowest BCUT2D eigenvalue weighted by molar-refractivity contribution is -0.146. The lowest BCUT2D eigenvalue weighted by Crippen LogP contribution is -2.25. The van der Waals surface area contributed by atoms with Gasteiger partial charge in [0.1, 0.15) is 5.82 Å². The first-order chi connectivity index (χ1) is 7.88. The van der Waals surface area contributed by atoms with Crippen LogP contribution in [0.1, 0.15) is 18.7 Å². The van der Waals surface area contributed by atoms with Crippen LogP contribution < -0.4 is 0 Å². The van der Waals surface area contributed by atoms with Crippen molar-refractivity contribution in [1.82, 2.24) is 0 Å². The highest BCUT2D eigenvalue weighted by Gasteiger charge is 2.28. The molecule has 90 valence electrons. The van der Waals surface area contributed by atoms with E-state index in [9.17, 15) is 9.18 Å². The van der Waals surface area contributed by atoms with Crippen molar-refractivity contribution in [3.63, 3.8) is 0 Å². The average Bonchev–Trinajstić information content (AvgIpc) is 2.57. The van der Waals surface area contributed by atoms with Gasteiger partial charge >= 0.3 is 5.97 Å². The number of aliphatic carboxylic acids is 1. The number of carbonyl (C=O) groups is 1. The van der Waals surface area contributed by atoms with E-state index in [4.69, 9.17) is 5.11 Å². The summed E-state index contributed by atoms with van der Waals surface area (Å²) in [6.45, 7) is 3.39. The summed E-state index contributed by atoms with van der Waals surface area (Å²) in [5, 5.41) is 10.0. The van der Waals surface area contributed by atoms with Crippen LogP contribution in [0.3, 0.4) is 0 Å². The van der Waals surface area contributed by atoms with Gasteiger partial charge in [-0.3, -0.25) is 4.79 Å². The number of carboxylic acid groups (broad SMARTS) is 1. The Bertz CT molecular complexity index is 572. The van der Waals surface area contributed by atoms with Crippen molar-refractivity contribution < 1.29 is 14.3 Å². The smallest absolute Gasteiger partial charge is 0.309 e. The zero-order valence-corrected chi connectivity index (χ0v) is 10.5. The monoisotopic (exact) mass is 252 g/mol. The fourth-order valence-electron chi connectivity index (χ4n) is 1.66. The molecule has 0 saturated carbocycles. The maximum absolute atomic E-state index is 13.0. The van der Waals surface area contributed by atoms with E-state index in [0.29, 0.717) is 6.42 Å². The highest BCUT2D eigenvalue weighted by molar-refractivity contribution is 7.19. The summed E-state index contributed by atoms with van der Waals surface area (Å²) in [6, 6.07) is 6.56. The van der Waals surface area contributed by atoms with Gasteiger partial charge in [-0.1, -0.05) is 6.07 Å². The van der Waals surface area contributed by atoms with Gasteiger partial charge in [0.15, 0.2) is 0 Å². The Morgan fingerprint density at radius 3 is 2.76 bits per heavy atom. The van der Waals surface area contributed by atoms with E-state index in [1.807, 2.05) is 6.07 Å². The third-order valence-corrected chi connectivity index (χ3v) is 3.83. The lowest BCUT2D eigenvalue weighted by atomic mass is 9.89. The standard InChI is InChI=1S/C13H13FO2S/c1-13(2,12(15)16)7-10-5-8-3-4-9(14)6-11(8)17-10/h3-6H,7H2,1-2H3,(H,15,16). The number of rotatable bonds is 3. The summed E-state index contributed by atoms with van der Waals surface area (Å²) in [7, 11) is 0. The van der Waals surface area contributed by atoms with Gasteiger partial charge in [-0.25, -0.2) is 4.39 Å². The molecule has 2 nitrogen and oxygen atoms in total. The van der Waals surface area contributed by atoms with E-state index in [0.717, 1.165) is 15.0 Å². The Kier molecular flexibility index (Phi) is 2.91. The predicted molar refractivity (Wildman–Crippen MR) is 66.9 cm³/mol. The van der Waals surface area contributed by atoms with E-state index in [1.54, 1.807) is 19.9 Å². The average molecular weight is 252 g/mol. The second-order valence-electron chi connectivity index (χ2n) is 4.76.